The molecular formula is C17H18N2O. The number of hydrogen-bond acceptors (Lipinski definition) is 3. The van der Waals surface area contributed by atoms with Gasteiger partial charge in [0.2, 0.25) is 0 Å². The fourth-order valence-electron chi connectivity index (χ4n) is 1.89. The summed E-state index contributed by atoms with van der Waals surface area (Å²) in [7, 11) is 0. The highest BCUT2D eigenvalue weighted by Crippen LogP contribution is 2.18. The number of aliphatic imine (C=N–C) groups is 1. The number of para-hydroxylation sites is 1. The van der Waals surface area contributed by atoms with Crippen molar-refractivity contribution in [3.05, 3.63) is 66.2 Å². The Morgan fingerprint density at radius 1 is 1.10 bits per heavy atom. The van der Waals surface area contributed by atoms with Crippen LogP contribution in [0.15, 0.2) is 65.7 Å². The molecule has 0 radical (unpaired) electrons. The third-order valence-electron chi connectivity index (χ3n) is 2.87. The second-order valence-electron chi connectivity index (χ2n) is 4.30. The second kappa shape index (κ2) is 7.24. The molecule has 0 spiro atoms. The summed E-state index contributed by atoms with van der Waals surface area (Å²) >= 11 is 0. The topological polar surface area (TPSA) is 45.4 Å². The lowest BCUT2D eigenvalue weighted by Crippen LogP contribution is -2.16. The van der Waals surface area contributed by atoms with Crippen molar-refractivity contribution in [1.29, 1.82) is 5.41 Å². The second-order valence-corrected chi connectivity index (χ2v) is 4.30. The lowest BCUT2D eigenvalue weighted by Gasteiger charge is -2.14. The summed E-state index contributed by atoms with van der Waals surface area (Å²) in [5.74, 6) is -0.0327. The number of nitrogens with zero attached hydrogens (tertiary/aromatic N) is 1. The van der Waals surface area contributed by atoms with E-state index in [-0.39, 0.29) is 11.8 Å². The van der Waals surface area contributed by atoms with Crippen LogP contribution >= 0.6 is 0 Å². The highest BCUT2D eigenvalue weighted by Gasteiger charge is 2.15. The van der Waals surface area contributed by atoms with E-state index in [9.17, 15) is 0 Å². The normalized spacial score (nSPS) is 12.2. The molecule has 0 amide bonds. The fraction of sp³-hybridized carbons (Fsp3) is 0.176. The SMILES string of the molecule is CCOC(=N)C(C=Nc1ccccc1)c1ccccc1. The van der Waals surface area contributed by atoms with Crippen molar-refractivity contribution >= 4 is 17.8 Å². The molecule has 2 aromatic carbocycles. The van der Waals surface area contributed by atoms with E-state index in [1.54, 1.807) is 6.21 Å². The number of nitrogens with one attached hydrogen (secondary N) is 1. The van der Waals surface area contributed by atoms with E-state index in [0.29, 0.717) is 6.61 Å². The van der Waals surface area contributed by atoms with Gasteiger partial charge in [-0.3, -0.25) is 10.4 Å². The third kappa shape index (κ3) is 3.79. The molecule has 0 saturated carbocycles. The van der Waals surface area contributed by atoms with E-state index >= 15 is 0 Å². The van der Waals surface area contributed by atoms with Gasteiger partial charge in [-0.15, -0.1) is 0 Å². The summed E-state index contributed by atoms with van der Waals surface area (Å²) in [6, 6.07) is 19.5. The predicted molar refractivity (Wildman–Crippen MR) is 83.1 cm³/mol. The van der Waals surface area contributed by atoms with E-state index in [0.717, 1.165) is 11.3 Å². The van der Waals surface area contributed by atoms with Crippen LogP contribution in [0.3, 0.4) is 0 Å². The first-order valence-corrected chi connectivity index (χ1v) is 6.66. The van der Waals surface area contributed by atoms with Crippen LogP contribution in [-0.4, -0.2) is 18.7 Å². The molecule has 3 nitrogen and oxygen atoms in total. The van der Waals surface area contributed by atoms with Crippen LogP contribution in [0.5, 0.6) is 0 Å². The van der Waals surface area contributed by atoms with Gasteiger partial charge in [-0.1, -0.05) is 48.5 Å². The molecule has 1 atom stereocenters. The van der Waals surface area contributed by atoms with Gasteiger partial charge in [-0.05, 0) is 24.6 Å². The lowest BCUT2D eigenvalue weighted by molar-refractivity contribution is 0.315. The molecule has 0 heterocycles. The van der Waals surface area contributed by atoms with Crippen molar-refractivity contribution in [2.24, 2.45) is 4.99 Å². The minimum Gasteiger partial charge on any atom is -0.481 e. The van der Waals surface area contributed by atoms with Crippen molar-refractivity contribution in [3.63, 3.8) is 0 Å². The summed E-state index contributed by atoms with van der Waals surface area (Å²) < 4.78 is 5.34. The van der Waals surface area contributed by atoms with Crippen LogP contribution in [0, 0.1) is 5.41 Å². The van der Waals surface area contributed by atoms with E-state index < -0.39 is 0 Å². The molecule has 2 aromatic rings. The first kappa shape index (κ1) is 14.0. The molecule has 102 valence electrons. The predicted octanol–water partition coefficient (Wildman–Crippen LogP) is 4.19. The third-order valence-corrected chi connectivity index (χ3v) is 2.87. The van der Waals surface area contributed by atoms with Gasteiger partial charge < -0.3 is 4.74 Å². The van der Waals surface area contributed by atoms with E-state index in [4.69, 9.17) is 10.1 Å². The number of hydrogen-bond donors (Lipinski definition) is 1. The summed E-state index contributed by atoms with van der Waals surface area (Å²) in [5.41, 5.74) is 1.88. The summed E-state index contributed by atoms with van der Waals surface area (Å²) in [4.78, 5) is 4.44. The maximum absolute atomic E-state index is 8.04. The van der Waals surface area contributed by atoms with Gasteiger partial charge in [0.05, 0.1) is 18.2 Å². The zero-order valence-corrected chi connectivity index (χ0v) is 11.5. The molecule has 20 heavy (non-hydrogen) atoms. The average Bonchev–Trinajstić information content (AvgIpc) is 2.50. The van der Waals surface area contributed by atoms with Crippen molar-refractivity contribution in [1.82, 2.24) is 0 Å². The standard InChI is InChI=1S/C17H18N2O/c1-2-20-17(18)16(14-9-5-3-6-10-14)13-19-15-11-7-4-8-12-15/h3-13,16,18H,2H2,1H3. The first-order valence-electron chi connectivity index (χ1n) is 6.66. The highest BCUT2D eigenvalue weighted by atomic mass is 16.5. The molecule has 0 aliphatic heterocycles. The maximum Gasteiger partial charge on any atom is 0.193 e. The van der Waals surface area contributed by atoms with Gasteiger partial charge in [0, 0.05) is 6.21 Å². The lowest BCUT2D eigenvalue weighted by atomic mass is 10.0. The van der Waals surface area contributed by atoms with Crippen LogP contribution in [0.25, 0.3) is 0 Å². The zero-order chi connectivity index (χ0) is 14.2. The molecule has 0 aromatic heterocycles. The van der Waals surface area contributed by atoms with Crippen molar-refractivity contribution in [2.45, 2.75) is 12.8 Å². The summed E-state index contributed by atoms with van der Waals surface area (Å²) in [6.45, 7) is 2.37. The minimum absolute atomic E-state index is 0.221. The molecule has 1 unspecified atom stereocenters. The molecular weight excluding hydrogens is 248 g/mol. The van der Waals surface area contributed by atoms with Gasteiger partial charge in [0.1, 0.15) is 0 Å². The molecule has 0 bridgehead atoms. The number of ether oxygens (including phenoxy) is 1. The Bertz CT molecular complexity index is 564. The minimum atomic E-state index is -0.253. The molecule has 2 rings (SSSR count). The van der Waals surface area contributed by atoms with Crippen LogP contribution in [0.2, 0.25) is 0 Å². The molecule has 1 N–H and O–H groups in total. The van der Waals surface area contributed by atoms with E-state index in [2.05, 4.69) is 4.99 Å². The van der Waals surface area contributed by atoms with Gasteiger partial charge in [0.15, 0.2) is 5.90 Å². The number of benzene rings is 2. The summed E-state index contributed by atoms with van der Waals surface area (Å²) in [5, 5.41) is 8.04. The maximum atomic E-state index is 8.04. The molecule has 3 heteroatoms. The Kier molecular flexibility index (Phi) is 5.07. The zero-order valence-electron chi connectivity index (χ0n) is 11.5. The first-order chi connectivity index (χ1) is 9.81. The van der Waals surface area contributed by atoms with Gasteiger partial charge in [-0.2, -0.15) is 0 Å². The van der Waals surface area contributed by atoms with Crippen LogP contribution in [0.4, 0.5) is 5.69 Å². The molecule has 0 aliphatic rings. The Morgan fingerprint density at radius 3 is 2.30 bits per heavy atom. The fourth-order valence-corrected chi connectivity index (χ4v) is 1.89. The van der Waals surface area contributed by atoms with Gasteiger partial charge in [-0.25, -0.2) is 0 Å². The Hall–Kier alpha value is -2.42. The largest absolute Gasteiger partial charge is 0.481 e. The molecule has 0 saturated heterocycles. The quantitative estimate of drug-likeness (QED) is 0.640. The monoisotopic (exact) mass is 266 g/mol. The Morgan fingerprint density at radius 2 is 1.70 bits per heavy atom. The Labute approximate surface area is 119 Å². The van der Waals surface area contributed by atoms with Crippen LogP contribution in [0.1, 0.15) is 18.4 Å². The van der Waals surface area contributed by atoms with Crippen molar-refractivity contribution in [3.8, 4) is 0 Å². The average molecular weight is 266 g/mol. The molecule has 0 fully saturated rings. The van der Waals surface area contributed by atoms with Crippen molar-refractivity contribution in [2.75, 3.05) is 6.61 Å². The number of rotatable bonds is 5. The molecule has 0 aliphatic carbocycles. The van der Waals surface area contributed by atoms with Crippen LogP contribution < -0.4 is 0 Å². The Balaban J connectivity index is 2.23. The smallest absolute Gasteiger partial charge is 0.193 e. The van der Waals surface area contributed by atoms with Crippen molar-refractivity contribution < 1.29 is 4.74 Å². The summed E-state index contributed by atoms with van der Waals surface area (Å²) in [6.07, 6.45) is 1.77. The van der Waals surface area contributed by atoms with E-state index in [1.165, 1.54) is 0 Å². The van der Waals surface area contributed by atoms with E-state index in [1.807, 2.05) is 67.6 Å². The van der Waals surface area contributed by atoms with Crippen LogP contribution in [-0.2, 0) is 4.74 Å². The van der Waals surface area contributed by atoms with Gasteiger partial charge in [0.25, 0.3) is 0 Å². The van der Waals surface area contributed by atoms with Gasteiger partial charge >= 0.3 is 0 Å². The highest BCUT2D eigenvalue weighted by molar-refractivity contribution is 5.98.